The number of halogens is 1. The van der Waals surface area contributed by atoms with E-state index in [-0.39, 0.29) is 11.3 Å². The van der Waals surface area contributed by atoms with Gasteiger partial charge in [-0.2, -0.15) is 0 Å². The molecule has 0 aliphatic rings. The van der Waals surface area contributed by atoms with E-state index in [0.29, 0.717) is 18.0 Å². The van der Waals surface area contributed by atoms with Crippen LogP contribution in [0, 0.1) is 0 Å². The number of benzene rings is 2. The molecule has 2 aromatic carbocycles. The Morgan fingerprint density at radius 3 is 2.77 bits per heavy atom. The molecule has 0 spiro atoms. The van der Waals surface area contributed by atoms with Gasteiger partial charge in [0.05, 0.1) is 12.3 Å². The van der Waals surface area contributed by atoms with Crippen molar-refractivity contribution < 1.29 is 19.7 Å². The average molecular weight is 364 g/mol. The number of aromatic hydroxyl groups is 1. The highest BCUT2D eigenvalue weighted by atomic mass is 79.9. The van der Waals surface area contributed by atoms with Crippen LogP contribution in [-0.4, -0.2) is 29.0 Å². The van der Waals surface area contributed by atoms with Gasteiger partial charge in [0.1, 0.15) is 17.1 Å². The Kier molecular flexibility index (Phi) is 5.16. The summed E-state index contributed by atoms with van der Waals surface area (Å²) in [7, 11) is 0. The van der Waals surface area contributed by atoms with Crippen LogP contribution in [0.5, 0.6) is 11.5 Å². The number of phenols is 1. The Labute approximate surface area is 136 Å². The first-order valence-electron chi connectivity index (χ1n) is 6.54. The van der Waals surface area contributed by atoms with Crippen molar-refractivity contribution in [1.29, 1.82) is 0 Å². The molecule has 2 N–H and O–H groups in total. The lowest BCUT2D eigenvalue weighted by Gasteiger charge is -2.07. The Balaban J connectivity index is 2.34. The largest absolute Gasteiger partial charge is 0.507 e. The van der Waals surface area contributed by atoms with Crippen molar-refractivity contribution >= 4 is 33.8 Å². The SMILES string of the molecule is CCOc1ccc(Br)cc1C=Nc1ccc(O)c(C(=O)O)c1. The van der Waals surface area contributed by atoms with Crippen molar-refractivity contribution in [2.45, 2.75) is 6.92 Å². The molecule has 0 atom stereocenters. The van der Waals surface area contributed by atoms with Crippen LogP contribution in [0.4, 0.5) is 5.69 Å². The van der Waals surface area contributed by atoms with Gasteiger partial charge in [0.25, 0.3) is 0 Å². The molecular formula is C16H14BrNO4. The van der Waals surface area contributed by atoms with Crippen LogP contribution in [0.1, 0.15) is 22.8 Å². The Morgan fingerprint density at radius 1 is 1.32 bits per heavy atom. The number of carboxylic acid groups (broad SMARTS) is 1. The summed E-state index contributed by atoms with van der Waals surface area (Å²) < 4.78 is 6.40. The first-order chi connectivity index (χ1) is 10.5. The number of rotatable bonds is 5. The molecule has 0 radical (unpaired) electrons. The highest BCUT2D eigenvalue weighted by Crippen LogP contribution is 2.25. The van der Waals surface area contributed by atoms with Crippen LogP contribution in [0.15, 0.2) is 45.9 Å². The number of aliphatic imine (C=N–C) groups is 1. The second-order valence-electron chi connectivity index (χ2n) is 4.38. The summed E-state index contributed by atoms with van der Waals surface area (Å²) in [6.07, 6.45) is 1.59. The van der Waals surface area contributed by atoms with E-state index < -0.39 is 5.97 Å². The van der Waals surface area contributed by atoms with E-state index >= 15 is 0 Å². The second-order valence-corrected chi connectivity index (χ2v) is 5.30. The molecule has 0 bridgehead atoms. The smallest absolute Gasteiger partial charge is 0.339 e. The number of ether oxygens (including phenoxy) is 1. The first-order valence-corrected chi connectivity index (χ1v) is 7.33. The molecule has 6 heteroatoms. The molecule has 2 aromatic rings. The maximum atomic E-state index is 11.0. The molecule has 2 rings (SSSR count). The number of hydrogen-bond donors (Lipinski definition) is 2. The molecule has 0 saturated heterocycles. The Hall–Kier alpha value is -2.34. The molecule has 22 heavy (non-hydrogen) atoms. The van der Waals surface area contributed by atoms with E-state index in [1.807, 2.05) is 25.1 Å². The lowest BCUT2D eigenvalue weighted by atomic mass is 10.1. The van der Waals surface area contributed by atoms with Crippen molar-refractivity contribution in [2.75, 3.05) is 6.61 Å². The van der Waals surface area contributed by atoms with Crippen molar-refractivity contribution in [2.24, 2.45) is 4.99 Å². The second kappa shape index (κ2) is 7.09. The Morgan fingerprint density at radius 2 is 2.09 bits per heavy atom. The van der Waals surface area contributed by atoms with E-state index in [1.54, 1.807) is 6.21 Å². The minimum absolute atomic E-state index is 0.186. The minimum atomic E-state index is -1.20. The minimum Gasteiger partial charge on any atom is -0.507 e. The van der Waals surface area contributed by atoms with Gasteiger partial charge in [-0.15, -0.1) is 0 Å². The number of nitrogens with zero attached hydrogens (tertiary/aromatic N) is 1. The molecule has 5 nitrogen and oxygen atoms in total. The summed E-state index contributed by atoms with van der Waals surface area (Å²) in [5.41, 5.74) is 1.01. The fraction of sp³-hybridized carbons (Fsp3) is 0.125. The van der Waals surface area contributed by atoms with Crippen molar-refractivity contribution in [3.63, 3.8) is 0 Å². The maximum Gasteiger partial charge on any atom is 0.339 e. The van der Waals surface area contributed by atoms with E-state index in [0.717, 1.165) is 10.0 Å². The van der Waals surface area contributed by atoms with Gasteiger partial charge in [-0.3, -0.25) is 4.99 Å². The molecule has 0 aromatic heterocycles. The molecule has 114 valence electrons. The van der Waals surface area contributed by atoms with Crippen LogP contribution in [-0.2, 0) is 0 Å². The van der Waals surface area contributed by atoms with Crippen LogP contribution < -0.4 is 4.74 Å². The van der Waals surface area contributed by atoms with E-state index in [2.05, 4.69) is 20.9 Å². The van der Waals surface area contributed by atoms with Gasteiger partial charge in [-0.05, 0) is 43.3 Å². The number of carboxylic acids is 1. The van der Waals surface area contributed by atoms with E-state index in [4.69, 9.17) is 9.84 Å². The fourth-order valence-electron chi connectivity index (χ4n) is 1.83. The normalized spacial score (nSPS) is 10.8. The monoisotopic (exact) mass is 363 g/mol. The molecular weight excluding hydrogens is 350 g/mol. The third-order valence-corrected chi connectivity index (χ3v) is 3.33. The quantitative estimate of drug-likeness (QED) is 0.786. The number of carbonyl (C=O) groups is 1. The molecule has 0 heterocycles. The maximum absolute atomic E-state index is 11.0. The molecule has 0 amide bonds. The lowest BCUT2D eigenvalue weighted by Crippen LogP contribution is -1.97. The highest BCUT2D eigenvalue weighted by molar-refractivity contribution is 9.10. The van der Waals surface area contributed by atoms with Gasteiger partial charge in [-0.1, -0.05) is 15.9 Å². The summed E-state index contributed by atoms with van der Waals surface area (Å²) in [5.74, 6) is -0.803. The van der Waals surface area contributed by atoms with Gasteiger partial charge in [0.2, 0.25) is 0 Å². The topological polar surface area (TPSA) is 79.1 Å². The van der Waals surface area contributed by atoms with Gasteiger partial charge < -0.3 is 14.9 Å². The fourth-order valence-corrected chi connectivity index (χ4v) is 2.21. The predicted molar refractivity (Wildman–Crippen MR) is 87.6 cm³/mol. The lowest BCUT2D eigenvalue weighted by molar-refractivity contribution is 0.0694. The standard InChI is InChI=1S/C16H14BrNO4/c1-2-22-15-6-3-11(17)7-10(15)9-18-12-4-5-14(19)13(8-12)16(20)21/h3-9,19H,2H2,1H3,(H,20,21). The third-order valence-electron chi connectivity index (χ3n) is 2.83. The zero-order valence-corrected chi connectivity index (χ0v) is 13.4. The van der Waals surface area contributed by atoms with E-state index in [9.17, 15) is 9.90 Å². The van der Waals surface area contributed by atoms with Crippen LogP contribution in [0.3, 0.4) is 0 Å². The van der Waals surface area contributed by atoms with Crippen molar-refractivity contribution in [3.8, 4) is 11.5 Å². The van der Waals surface area contributed by atoms with Gasteiger partial charge in [0, 0.05) is 16.3 Å². The van der Waals surface area contributed by atoms with Crippen molar-refractivity contribution in [1.82, 2.24) is 0 Å². The molecule has 0 unspecified atom stereocenters. The summed E-state index contributed by atoms with van der Waals surface area (Å²) >= 11 is 3.39. The number of aromatic carboxylic acids is 1. The highest BCUT2D eigenvalue weighted by Gasteiger charge is 2.09. The summed E-state index contributed by atoms with van der Waals surface area (Å²) in [6, 6.07) is 9.70. The van der Waals surface area contributed by atoms with Gasteiger partial charge >= 0.3 is 5.97 Å². The van der Waals surface area contributed by atoms with Gasteiger partial charge in [-0.25, -0.2) is 4.79 Å². The zero-order valence-electron chi connectivity index (χ0n) is 11.8. The first kappa shape index (κ1) is 16.0. The summed E-state index contributed by atoms with van der Waals surface area (Å²) in [4.78, 5) is 15.2. The average Bonchev–Trinajstić information content (AvgIpc) is 2.48. The molecule has 0 fully saturated rings. The predicted octanol–water partition coefficient (Wildman–Crippen LogP) is 4.00. The van der Waals surface area contributed by atoms with Crippen LogP contribution >= 0.6 is 15.9 Å². The van der Waals surface area contributed by atoms with Crippen LogP contribution in [0.2, 0.25) is 0 Å². The molecule has 0 aliphatic carbocycles. The zero-order chi connectivity index (χ0) is 16.1. The summed E-state index contributed by atoms with van der Waals surface area (Å²) in [6.45, 7) is 2.42. The van der Waals surface area contributed by atoms with Crippen molar-refractivity contribution in [3.05, 3.63) is 52.0 Å². The molecule has 0 aliphatic heterocycles. The van der Waals surface area contributed by atoms with Crippen LogP contribution in [0.25, 0.3) is 0 Å². The molecule has 0 saturated carbocycles. The number of hydrogen-bond acceptors (Lipinski definition) is 4. The summed E-state index contributed by atoms with van der Waals surface area (Å²) in [5, 5.41) is 18.5. The van der Waals surface area contributed by atoms with E-state index in [1.165, 1.54) is 18.2 Å². The Bertz CT molecular complexity index is 728. The third kappa shape index (κ3) is 3.85. The van der Waals surface area contributed by atoms with Gasteiger partial charge in [0.15, 0.2) is 0 Å².